The standard InChI is InChI=1S/C12H26N2/c1-4-5-8-14(3)12(10-13)7-6-11(2)9-12/h11H,4-10,13H2,1-3H3. The average molecular weight is 198 g/mol. The minimum Gasteiger partial charge on any atom is -0.329 e. The van der Waals surface area contributed by atoms with Crippen LogP contribution >= 0.6 is 0 Å². The second-order valence-corrected chi connectivity index (χ2v) is 5.05. The number of nitrogens with two attached hydrogens (primary N) is 1. The van der Waals surface area contributed by atoms with Crippen LogP contribution in [0.5, 0.6) is 0 Å². The third-order valence-electron chi connectivity index (χ3n) is 3.87. The molecule has 0 saturated heterocycles. The van der Waals surface area contributed by atoms with Gasteiger partial charge in [0.05, 0.1) is 0 Å². The van der Waals surface area contributed by atoms with Gasteiger partial charge in [0.25, 0.3) is 0 Å². The lowest BCUT2D eigenvalue weighted by Gasteiger charge is -2.38. The predicted molar refractivity (Wildman–Crippen MR) is 62.3 cm³/mol. The smallest absolute Gasteiger partial charge is 0.0331 e. The molecule has 1 aliphatic rings. The van der Waals surface area contributed by atoms with Crippen LogP contribution in [0.3, 0.4) is 0 Å². The highest BCUT2D eigenvalue weighted by Gasteiger charge is 2.39. The molecular weight excluding hydrogens is 172 g/mol. The molecule has 0 spiro atoms. The van der Waals surface area contributed by atoms with Gasteiger partial charge in [-0.1, -0.05) is 20.3 Å². The van der Waals surface area contributed by atoms with Crippen molar-refractivity contribution in [1.82, 2.24) is 4.90 Å². The van der Waals surface area contributed by atoms with Crippen molar-refractivity contribution >= 4 is 0 Å². The maximum absolute atomic E-state index is 5.96. The lowest BCUT2D eigenvalue weighted by atomic mass is 9.94. The minimum atomic E-state index is 0.328. The molecule has 1 rings (SSSR count). The Kier molecular flexibility index (Phi) is 4.39. The van der Waals surface area contributed by atoms with Crippen LogP contribution in [0.25, 0.3) is 0 Å². The summed E-state index contributed by atoms with van der Waals surface area (Å²) in [6.07, 6.45) is 6.52. The summed E-state index contributed by atoms with van der Waals surface area (Å²) in [7, 11) is 2.25. The monoisotopic (exact) mass is 198 g/mol. The molecule has 0 radical (unpaired) electrons. The summed E-state index contributed by atoms with van der Waals surface area (Å²) >= 11 is 0. The maximum Gasteiger partial charge on any atom is 0.0331 e. The Labute approximate surface area is 88.8 Å². The second-order valence-electron chi connectivity index (χ2n) is 5.05. The van der Waals surface area contributed by atoms with Crippen molar-refractivity contribution in [3.63, 3.8) is 0 Å². The van der Waals surface area contributed by atoms with Gasteiger partial charge in [0, 0.05) is 12.1 Å². The third kappa shape index (κ3) is 2.48. The maximum atomic E-state index is 5.96. The number of likely N-dealkylation sites (N-methyl/N-ethyl adjacent to an activating group) is 1. The fourth-order valence-corrected chi connectivity index (χ4v) is 2.69. The van der Waals surface area contributed by atoms with Crippen molar-refractivity contribution < 1.29 is 0 Å². The van der Waals surface area contributed by atoms with Crippen LogP contribution in [0.4, 0.5) is 0 Å². The van der Waals surface area contributed by atoms with Crippen molar-refractivity contribution in [1.29, 1.82) is 0 Å². The van der Waals surface area contributed by atoms with E-state index in [1.54, 1.807) is 0 Å². The molecule has 1 aliphatic carbocycles. The minimum absolute atomic E-state index is 0.328. The van der Waals surface area contributed by atoms with Crippen molar-refractivity contribution in [2.24, 2.45) is 11.7 Å². The van der Waals surface area contributed by atoms with E-state index in [0.29, 0.717) is 5.54 Å². The summed E-state index contributed by atoms with van der Waals surface area (Å²) in [6.45, 7) is 6.64. The number of hydrogen-bond donors (Lipinski definition) is 1. The Morgan fingerprint density at radius 2 is 2.21 bits per heavy atom. The molecule has 1 fully saturated rings. The van der Waals surface area contributed by atoms with Crippen molar-refractivity contribution in [2.45, 2.75) is 51.5 Å². The highest BCUT2D eigenvalue weighted by Crippen LogP contribution is 2.37. The largest absolute Gasteiger partial charge is 0.329 e. The van der Waals surface area contributed by atoms with Gasteiger partial charge in [-0.05, 0) is 45.2 Å². The third-order valence-corrected chi connectivity index (χ3v) is 3.87. The number of nitrogens with zero attached hydrogens (tertiary/aromatic N) is 1. The summed E-state index contributed by atoms with van der Waals surface area (Å²) < 4.78 is 0. The first-order chi connectivity index (χ1) is 6.64. The summed E-state index contributed by atoms with van der Waals surface area (Å²) in [5.41, 5.74) is 6.29. The highest BCUT2D eigenvalue weighted by atomic mass is 15.2. The van der Waals surface area contributed by atoms with Crippen LogP contribution in [0.1, 0.15) is 46.0 Å². The van der Waals surface area contributed by atoms with Crippen molar-refractivity contribution in [2.75, 3.05) is 20.1 Å². The van der Waals surface area contributed by atoms with Gasteiger partial charge in [-0.25, -0.2) is 0 Å². The van der Waals surface area contributed by atoms with Gasteiger partial charge in [-0.2, -0.15) is 0 Å². The molecule has 0 amide bonds. The van der Waals surface area contributed by atoms with Gasteiger partial charge in [0.2, 0.25) is 0 Å². The van der Waals surface area contributed by atoms with Crippen LogP contribution in [0.2, 0.25) is 0 Å². The molecule has 2 atom stereocenters. The molecule has 1 saturated carbocycles. The Hall–Kier alpha value is -0.0800. The predicted octanol–water partition coefficient (Wildman–Crippen LogP) is 2.24. The number of unbranched alkanes of at least 4 members (excludes halogenated alkanes) is 1. The quantitative estimate of drug-likeness (QED) is 0.734. The van der Waals surface area contributed by atoms with Gasteiger partial charge in [-0.3, -0.25) is 4.90 Å². The molecule has 2 N–H and O–H groups in total. The van der Waals surface area contributed by atoms with E-state index in [4.69, 9.17) is 5.73 Å². The summed E-state index contributed by atoms with van der Waals surface area (Å²) in [4.78, 5) is 2.51. The fourth-order valence-electron chi connectivity index (χ4n) is 2.69. The van der Waals surface area contributed by atoms with Crippen LogP contribution in [0.15, 0.2) is 0 Å². The molecule has 0 aromatic carbocycles. The molecule has 0 heterocycles. The molecule has 0 aromatic heterocycles. The normalized spacial score (nSPS) is 32.8. The molecule has 2 nitrogen and oxygen atoms in total. The van der Waals surface area contributed by atoms with E-state index >= 15 is 0 Å². The molecule has 0 aromatic rings. The topological polar surface area (TPSA) is 29.3 Å². The van der Waals surface area contributed by atoms with Gasteiger partial charge >= 0.3 is 0 Å². The van der Waals surface area contributed by atoms with Gasteiger partial charge < -0.3 is 5.73 Å². The zero-order valence-electron chi connectivity index (χ0n) is 10.1. The Morgan fingerprint density at radius 3 is 2.64 bits per heavy atom. The van der Waals surface area contributed by atoms with Crippen LogP contribution < -0.4 is 5.73 Å². The van der Waals surface area contributed by atoms with Crippen molar-refractivity contribution in [3.05, 3.63) is 0 Å². The molecule has 2 unspecified atom stereocenters. The first kappa shape index (κ1) is 12.0. The van der Waals surface area contributed by atoms with Gasteiger partial charge in [-0.15, -0.1) is 0 Å². The average Bonchev–Trinajstić information content (AvgIpc) is 2.58. The highest BCUT2D eigenvalue weighted by molar-refractivity contribution is 4.96. The molecule has 14 heavy (non-hydrogen) atoms. The van der Waals surface area contributed by atoms with E-state index in [-0.39, 0.29) is 0 Å². The van der Waals surface area contributed by atoms with E-state index in [9.17, 15) is 0 Å². The van der Waals surface area contributed by atoms with E-state index in [0.717, 1.165) is 12.5 Å². The van der Waals surface area contributed by atoms with E-state index < -0.39 is 0 Å². The molecular formula is C12H26N2. The Balaban J connectivity index is 2.51. The van der Waals surface area contributed by atoms with Crippen molar-refractivity contribution in [3.8, 4) is 0 Å². The summed E-state index contributed by atoms with van der Waals surface area (Å²) in [6, 6.07) is 0. The molecule has 84 valence electrons. The molecule has 2 heteroatoms. The number of hydrogen-bond acceptors (Lipinski definition) is 2. The first-order valence-electron chi connectivity index (χ1n) is 6.06. The van der Waals surface area contributed by atoms with Crippen LogP contribution in [-0.2, 0) is 0 Å². The molecule has 0 bridgehead atoms. The van der Waals surface area contributed by atoms with Gasteiger partial charge in [0.1, 0.15) is 0 Å². The first-order valence-corrected chi connectivity index (χ1v) is 6.06. The zero-order valence-corrected chi connectivity index (χ0v) is 10.1. The SMILES string of the molecule is CCCCN(C)C1(CN)CCC(C)C1. The van der Waals surface area contributed by atoms with Crippen LogP contribution in [0, 0.1) is 5.92 Å². The summed E-state index contributed by atoms with van der Waals surface area (Å²) in [5.74, 6) is 0.864. The van der Waals surface area contributed by atoms with E-state index in [1.165, 1.54) is 38.6 Å². The zero-order chi connectivity index (χ0) is 10.6. The fraction of sp³-hybridized carbons (Fsp3) is 1.00. The Bertz CT molecular complexity index is 170. The van der Waals surface area contributed by atoms with Crippen LogP contribution in [-0.4, -0.2) is 30.6 Å². The Morgan fingerprint density at radius 1 is 1.50 bits per heavy atom. The van der Waals surface area contributed by atoms with Gasteiger partial charge in [0.15, 0.2) is 0 Å². The second kappa shape index (κ2) is 5.13. The van der Waals surface area contributed by atoms with E-state index in [2.05, 4.69) is 25.8 Å². The van der Waals surface area contributed by atoms with E-state index in [1.807, 2.05) is 0 Å². The lowest BCUT2D eigenvalue weighted by molar-refractivity contribution is 0.126. The lowest BCUT2D eigenvalue weighted by Crippen LogP contribution is -2.50. The number of rotatable bonds is 5. The summed E-state index contributed by atoms with van der Waals surface area (Å²) in [5, 5.41) is 0. The molecule has 0 aliphatic heterocycles.